The zero-order valence-electron chi connectivity index (χ0n) is 16.9. The average molecular weight is 487 g/mol. The van der Waals surface area contributed by atoms with Gasteiger partial charge in [-0.2, -0.15) is 26.5 Å². The normalized spacial score (nSPS) is 14.3. The van der Waals surface area contributed by atoms with Crippen molar-refractivity contribution >= 4 is 19.7 Å². The summed E-state index contributed by atoms with van der Waals surface area (Å²) >= 11 is 0. The number of aromatic nitrogens is 2. The Kier molecular flexibility index (Phi) is 6.82. The van der Waals surface area contributed by atoms with Crippen LogP contribution in [-0.4, -0.2) is 33.8 Å². The first-order valence-electron chi connectivity index (χ1n) is 8.81. The molecule has 0 saturated carbocycles. The molecule has 0 fully saturated rings. The summed E-state index contributed by atoms with van der Waals surface area (Å²) in [6, 6.07) is 0.981. The summed E-state index contributed by atoms with van der Waals surface area (Å²) in [5.74, 6) is -3.92. The third kappa shape index (κ3) is 5.37. The fourth-order valence-corrected chi connectivity index (χ4v) is 4.39. The molecule has 1 atom stereocenters. The molecule has 0 amide bonds. The Hall–Kier alpha value is -2.15. The molecule has 0 aliphatic carbocycles. The first kappa shape index (κ1) is 25.1. The van der Waals surface area contributed by atoms with Crippen LogP contribution in [0.4, 0.5) is 22.0 Å². The Bertz CT molecular complexity index is 1190. The number of hydrogen-bond acceptors (Lipinski definition) is 5. The van der Waals surface area contributed by atoms with Crippen LogP contribution in [0, 0.1) is 0 Å². The number of sulfone groups is 2. The minimum atomic E-state index is -5.01. The number of hydrogen-bond donors (Lipinski definition) is 0. The fraction of sp³-hybridized carbons (Fsp3) is 0.444. The van der Waals surface area contributed by atoms with Crippen molar-refractivity contribution in [3.63, 3.8) is 0 Å². The first-order chi connectivity index (χ1) is 14.0. The maximum absolute atomic E-state index is 13.2. The van der Waals surface area contributed by atoms with Crippen LogP contribution in [0.1, 0.15) is 49.6 Å². The third-order valence-corrected chi connectivity index (χ3v) is 7.04. The molecule has 2 aromatic rings. The van der Waals surface area contributed by atoms with E-state index in [1.807, 2.05) is 0 Å². The largest absolute Gasteiger partial charge is 0.434 e. The predicted molar refractivity (Wildman–Crippen MR) is 100 cm³/mol. The Morgan fingerprint density at radius 2 is 1.55 bits per heavy atom. The summed E-state index contributed by atoms with van der Waals surface area (Å²) in [5.41, 5.74) is -1.18. The van der Waals surface area contributed by atoms with E-state index < -0.39 is 53.1 Å². The van der Waals surface area contributed by atoms with E-state index in [4.69, 9.17) is 0 Å². The molecule has 6 nitrogen and oxygen atoms in total. The van der Waals surface area contributed by atoms with Gasteiger partial charge in [-0.1, -0.05) is 13.8 Å². The second kappa shape index (κ2) is 8.41. The molecule has 0 aliphatic heterocycles. The van der Waals surface area contributed by atoms with Gasteiger partial charge in [0.25, 0.3) is 0 Å². The van der Waals surface area contributed by atoms with Gasteiger partial charge in [-0.3, -0.25) is 0 Å². The van der Waals surface area contributed by atoms with Gasteiger partial charge < -0.3 is 0 Å². The zero-order valence-corrected chi connectivity index (χ0v) is 18.5. The summed E-state index contributed by atoms with van der Waals surface area (Å²) in [4.78, 5) is 1.56. The Morgan fingerprint density at radius 3 is 2.00 bits per heavy atom. The van der Waals surface area contributed by atoms with Crippen LogP contribution in [0.2, 0.25) is 0 Å². The van der Waals surface area contributed by atoms with Crippen molar-refractivity contribution < 1.29 is 43.4 Å². The van der Waals surface area contributed by atoms with Gasteiger partial charge in [-0.25, -0.2) is 21.8 Å². The Balaban J connectivity index is 2.72. The molecule has 0 radical (unpaired) electrons. The van der Waals surface area contributed by atoms with E-state index in [2.05, 4.69) is 4.98 Å². The summed E-state index contributed by atoms with van der Waals surface area (Å²) < 4.78 is 115. The lowest BCUT2D eigenvalue weighted by Gasteiger charge is -2.15. The van der Waals surface area contributed by atoms with Crippen LogP contribution in [0.5, 0.6) is 0 Å². The maximum atomic E-state index is 13.2. The van der Waals surface area contributed by atoms with E-state index >= 15 is 0 Å². The molecule has 2 aromatic heterocycles. The van der Waals surface area contributed by atoms with Gasteiger partial charge in [-0.05, 0) is 18.1 Å². The summed E-state index contributed by atoms with van der Waals surface area (Å²) in [7, 11) is -9.25. The minimum Gasteiger partial charge on any atom is -0.250 e. The highest BCUT2D eigenvalue weighted by atomic mass is 32.2. The van der Waals surface area contributed by atoms with E-state index in [-0.39, 0.29) is 11.5 Å². The standard InChI is InChI=1S/C18H20F5N2O4S2/c1-10(2)13-5-14(31(28,29)17(19)20)9-25(8-13)11(3)12-6-15(30(4,26)27)16(24-7-12)18(21,22)23/h5-11,17H,1-4H3/q+1. The van der Waals surface area contributed by atoms with Crippen molar-refractivity contribution in [3.05, 3.63) is 47.5 Å². The smallest absolute Gasteiger partial charge is 0.250 e. The molecule has 0 bridgehead atoms. The van der Waals surface area contributed by atoms with Gasteiger partial charge in [0.2, 0.25) is 9.84 Å². The molecule has 0 saturated heterocycles. The van der Waals surface area contributed by atoms with Gasteiger partial charge in [0.1, 0.15) is 4.90 Å². The lowest BCUT2D eigenvalue weighted by molar-refractivity contribution is -0.712. The second-order valence-electron chi connectivity index (χ2n) is 7.27. The van der Waals surface area contributed by atoms with Crippen LogP contribution in [0.3, 0.4) is 0 Å². The highest BCUT2D eigenvalue weighted by molar-refractivity contribution is 7.91. The Labute approximate surface area is 176 Å². The average Bonchev–Trinajstić information content (AvgIpc) is 2.64. The van der Waals surface area contributed by atoms with Gasteiger partial charge in [0, 0.05) is 30.5 Å². The van der Waals surface area contributed by atoms with Crippen molar-refractivity contribution in [1.29, 1.82) is 0 Å². The number of alkyl halides is 5. The second-order valence-corrected chi connectivity index (χ2v) is 11.2. The molecule has 1 unspecified atom stereocenters. The van der Waals surface area contributed by atoms with Crippen molar-refractivity contribution in [1.82, 2.24) is 4.98 Å². The van der Waals surface area contributed by atoms with E-state index in [1.165, 1.54) is 17.7 Å². The van der Waals surface area contributed by atoms with Crippen LogP contribution < -0.4 is 4.57 Å². The molecular formula is C18H20F5N2O4S2+. The van der Waals surface area contributed by atoms with E-state index in [0.29, 0.717) is 11.8 Å². The van der Waals surface area contributed by atoms with Crippen LogP contribution in [-0.2, 0) is 25.9 Å². The van der Waals surface area contributed by atoms with Crippen molar-refractivity contribution in [2.75, 3.05) is 6.26 Å². The quantitative estimate of drug-likeness (QED) is 0.460. The van der Waals surface area contributed by atoms with Crippen molar-refractivity contribution in [3.8, 4) is 0 Å². The number of halogens is 5. The van der Waals surface area contributed by atoms with E-state index in [0.717, 1.165) is 24.5 Å². The molecule has 2 rings (SSSR count). The van der Waals surface area contributed by atoms with Crippen molar-refractivity contribution in [2.45, 2.75) is 54.5 Å². The molecule has 0 aliphatic rings. The van der Waals surface area contributed by atoms with Gasteiger partial charge >= 0.3 is 11.9 Å². The molecule has 0 spiro atoms. The van der Waals surface area contributed by atoms with Crippen LogP contribution in [0.25, 0.3) is 0 Å². The summed E-state index contributed by atoms with van der Waals surface area (Å²) in [5, 5.41) is 0. The molecule has 0 N–H and O–H groups in total. The Morgan fingerprint density at radius 1 is 0.968 bits per heavy atom. The SMILES string of the molecule is CC(C)c1cc(S(=O)(=O)C(F)F)c[n+](C(C)c2cnc(C(F)(F)F)c(S(C)(=O)=O)c2)c1. The lowest BCUT2D eigenvalue weighted by atomic mass is 10.0. The molecule has 31 heavy (non-hydrogen) atoms. The molecule has 13 heteroatoms. The third-order valence-electron chi connectivity index (χ3n) is 4.58. The molecular weight excluding hydrogens is 467 g/mol. The van der Waals surface area contributed by atoms with E-state index in [9.17, 15) is 38.8 Å². The number of nitrogens with zero attached hydrogens (tertiary/aromatic N) is 2. The summed E-state index contributed by atoms with van der Waals surface area (Å²) in [6.07, 6.45) is -1.21. The highest BCUT2D eigenvalue weighted by Gasteiger charge is 2.39. The van der Waals surface area contributed by atoms with Crippen LogP contribution >= 0.6 is 0 Å². The zero-order chi connectivity index (χ0) is 23.9. The van der Waals surface area contributed by atoms with Gasteiger partial charge in [-0.15, -0.1) is 0 Å². The van der Waals surface area contributed by atoms with Gasteiger partial charge in [0.15, 0.2) is 34.0 Å². The predicted octanol–water partition coefficient (Wildman–Crippen LogP) is 3.52. The van der Waals surface area contributed by atoms with Crippen LogP contribution in [0.15, 0.2) is 40.5 Å². The molecule has 172 valence electrons. The number of pyridine rings is 2. The molecule has 0 aromatic carbocycles. The first-order valence-corrected chi connectivity index (χ1v) is 12.2. The van der Waals surface area contributed by atoms with Crippen molar-refractivity contribution in [2.24, 2.45) is 0 Å². The minimum absolute atomic E-state index is 0.0136. The highest BCUT2D eigenvalue weighted by Crippen LogP contribution is 2.33. The lowest BCUT2D eigenvalue weighted by Crippen LogP contribution is -2.40. The maximum Gasteiger partial charge on any atom is 0.434 e. The van der Waals surface area contributed by atoms with Gasteiger partial charge in [0.05, 0.1) is 4.90 Å². The number of rotatable bonds is 6. The fourth-order valence-electron chi connectivity index (χ4n) is 2.75. The van der Waals surface area contributed by atoms with E-state index in [1.54, 1.807) is 13.8 Å². The monoisotopic (exact) mass is 487 g/mol. The topological polar surface area (TPSA) is 85.1 Å². The summed E-state index contributed by atoms with van der Waals surface area (Å²) in [6.45, 7) is 4.84. The molecule has 2 heterocycles.